The Kier molecular flexibility index (Phi) is 5.45. The molecule has 0 amide bonds. The summed E-state index contributed by atoms with van der Waals surface area (Å²) >= 11 is 0. The minimum atomic E-state index is -0.207. The third kappa shape index (κ3) is 4.94. The maximum Gasteiger partial charge on any atom is 0.0638 e. The van der Waals surface area contributed by atoms with E-state index in [2.05, 4.69) is 16.8 Å². The van der Waals surface area contributed by atoms with Crippen molar-refractivity contribution in [3.8, 4) is 0 Å². The van der Waals surface area contributed by atoms with Crippen molar-refractivity contribution in [2.45, 2.75) is 32.3 Å². The lowest BCUT2D eigenvalue weighted by atomic mass is 10.1. The molecule has 84 valence electrons. The van der Waals surface area contributed by atoms with E-state index in [9.17, 15) is 5.11 Å². The van der Waals surface area contributed by atoms with Crippen LogP contribution in [0.2, 0.25) is 0 Å². The number of hydrogen-bond donors (Lipinski definition) is 1. The van der Waals surface area contributed by atoms with Gasteiger partial charge in [-0.1, -0.05) is 6.42 Å². The highest BCUT2D eigenvalue weighted by atomic mass is 16.3. The molecular formula is C11H24N2O. The first-order valence-electron chi connectivity index (χ1n) is 5.77. The molecule has 1 heterocycles. The highest BCUT2D eigenvalue weighted by Gasteiger charge is 2.10. The van der Waals surface area contributed by atoms with Gasteiger partial charge in [-0.2, -0.15) is 0 Å². The molecule has 1 N–H and O–H groups in total. The molecule has 1 rings (SSSR count). The molecule has 1 aliphatic rings. The molecule has 3 nitrogen and oxygen atoms in total. The SMILES string of the molecule is CC(O)CN(C)CCN1CCCCC1. The Morgan fingerprint density at radius 3 is 2.50 bits per heavy atom. The van der Waals surface area contributed by atoms with E-state index in [-0.39, 0.29) is 6.10 Å². The molecule has 3 heteroatoms. The van der Waals surface area contributed by atoms with E-state index >= 15 is 0 Å². The van der Waals surface area contributed by atoms with E-state index in [1.165, 1.54) is 32.4 Å². The molecule has 0 aromatic rings. The molecule has 0 radical (unpaired) electrons. The largest absolute Gasteiger partial charge is 0.392 e. The second-order valence-corrected chi connectivity index (χ2v) is 4.51. The number of aliphatic hydroxyl groups excluding tert-OH is 1. The molecule has 0 spiro atoms. The summed E-state index contributed by atoms with van der Waals surface area (Å²) in [7, 11) is 2.08. The molecule has 1 saturated heterocycles. The van der Waals surface area contributed by atoms with Crippen molar-refractivity contribution in [2.24, 2.45) is 0 Å². The van der Waals surface area contributed by atoms with Crippen LogP contribution in [0.25, 0.3) is 0 Å². The van der Waals surface area contributed by atoms with Crippen LogP contribution in [0.5, 0.6) is 0 Å². The molecule has 0 aliphatic carbocycles. The Hall–Kier alpha value is -0.120. The lowest BCUT2D eigenvalue weighted by molar-refractivity contribution is 0.128. The van der Waals surface area contributed by atoms with Crippen molar-refractivity contribution in [1.29, 1.82) is 0 Å². The Balaban J connectivity index is 2.06. The van der Waals surface area contributed by atoms with E-state index in [4.69, 9.17) is 0 Å². The van der Waals surface area contributed by atoms with Crippen LogP contribution in [0.1, 0.15) is 26.2 Å². The molecule has 1 atom stereocenters. The predicted octanol–water partition coefficient (Wildman–Crippen LogP) is 0.785. The van der Waals surface area contributed by atoms with Gasteiger partial charge in [0, 0.05) is 19.6 Å². The third-order valence-electron chi connectivity index (χ3n) is 2.82. The summed E-state index contributed by atoms with van der Waals surface area (Å²) in [6.45, 7) is 7.39. The van der Waals surface area contributed by atoms with Crippen LogP contribution in [0.3, 0.4) is 0 Å². The van der Waals surface area contributed by atoms with E-state index in [0.29, 0.717) is 0 Å². The van der Waals surface area contributed by atoms with Crippen molar-refractivity contribution < 1.29 is 5.11 Å². The number of aliphatic hydroxyl groups is 1. The molecule has 1 unspecified atom stereocenters. The second-order valence-electron chi connectivity index (χ2n) is 4.51. The topological polar surface area (TPSA) is 26.7 Å². The molecule has 0 aromatic heterocycles. The average Bonchev–Trinajstić information content (AvgIpc) is 2.15. The van der Waals surface area contributed by atoms with Crippen molar-refractivity contribution >= 4 is 0 Å². The molecule has 1 aliphatic heterocycles. The van der Waals surface area contributed by atoms with Crippen LogP contribution < -0.4 is 0 Å². The first-order valence-corrected chi connectivity index (χ1v) is 5.77. The lowest BCUT2D eigenvalue weighted by Crippen LogP contribution is -2.38. The molecule has 14 heavy (non-hydrogen) atoms. The van der Waals surface area contributed by atoms with Crippen LogP contribution >= 0.6 is 0 Å². The fraction of sp³-hybridized carbons (Fsp3) is 1.00. The molecule has 0 saturated carbocycles. The summed E-state index contributed by atoms with van der Waals surface area (Å²) in [5, 5.41) is 9.20. The number of likely N-dealkylation sites (N-methyl/N-ethyl adjacent to an activating group) is 1. The Morgan fingerprint density at radius 2 is 1.93 bits per heavy atom. The minimum Gasteiger partial charge on any atom is -0.392 e. The maximum absolute atomic E-state index is 9.20. The summed E-state index contributed by atoms with van der Waals surface area (Å²) in [6, 6.07) is 0. The first-order chi connectivity index (χ1) is 6.68. The summed E-state index contributed by atoms with van der Waals surface area (Å²) < 4.78 is 0. The van der Waals surface area contributed by atoms with Crippen LogP contribution in [0.15, 0.2) is 0 Å². The Labute approximate surface area is 87.7 Å². The van der Waals surface area contributed by atoms with Crippen LogP contribution in [-0.4, -0.2) is 60.8 Å². The standard InChI is InChI=1S/C11H24N2O/c1-11(14)10-12(2)8-9-13-6-4-3-5-7-13/h11,14H,3-10H2,1-2H3. The van der Waals surface area contributed by atoms with Gasteiger partial charge in [0.15, 0.2) is 0 Å². The average molecular weight is 200 g/mol. The van der Waals surface area contributed by atoms with E-state index in [1.807, 2.05) is 6.92 Å². The summed E-state index contributed by atoms with van der Waals surface area (Å²) in [5.41, 5.74) is 0. The van der Waals surface area contributed by atoms with Crippen LogP contribution in [-0.2, 0) is 0 Å². The van der Waals surface area contributed by atoms with Gasteiger partial charge in [-0.05, 0) is 39.9 Å². The summed E-state index contributed by atoms with van der Waals surface area (Å²) in [5.74, 6) is 0. The number of nitrogens with zero attached hydrogens (tertiary/aromatic N) is 2. The van der Waals surface area contributed by atoms with E-state index in [1.54, 1.807) is 0 Å². The number of rotatable bonds is 5. The molecule has 0 bridgehead atoms. The van der Waals surface area contributed by atoms with Gasteiger partial charge >= 0.3 is 0 Å². The quantitative estimate of drug-likeness (QED) is 0.710. The summed E-state index contributed by atoms with van der Waals surface area (Å²) in [6.07, 6.45) is 3.92. The van der Waals surface area contributed by atoms with Crippen LogP contribution in [0, 0.1) is 0 Å². The zero-order chi connectivity index (χ0) is 10.4. The van der Waals surface area contributed by atoms with Crippen LogP contribution in [0.4, 0.5) is 0 Å². The van der Waals surface area contributed by atoms with Gasteiger partial charge in [0.25, 0.3) is 0 Å². The summed E-state index contributed by atoms with van der Waals surface area (Å²) in [4.78, 5) is 4.74. The maximum atomic E-state index is 9.20. The monoisotopic (exact) mass is 200 g/mol. The van der Waals surface area contributed by atoms with Gasteiger partial charge in [-0.15, -0.1) is 0 Å². The Bertz CT molecular complexity index is 144. The van der Waals surface area contributed by atoms with E-state index in [0.717, 1.165) is 19.6 Å². The zero-order valence-corrected chi connectivity index (χ0v) is 9.58. The van der Waals surface area contributed by atoms with Gasteiger partial charge < -0.3 is 14.9 Å². The van der Waals surface area contributed by atoms with Gasteiger partial charge in [0.05, 0.1) is 6.10 Å². The van der Waals surface area contributed by atoms with Gasteiger partial charge in [0.1, 0.15) is 0 Å². The first kappa shape index (κ1) is 12.0. The highest BCUT2D eigenvalue weighted by molar-refractivity contribution is 4.66. The fourth-order valence-electron chi connectivity index (χ4n) is 2.04. The van der Waals surface area contributed by atoms with Gasteiger partial charge in [0.2, 0.25) is 0 Å². The van der Waals surface area contributed by atoms with E-state index < -0.39 is 0 Å². The lowest BCUT2D eigenvalue weighted by Gasteiger charge is -2.28. The number of likely N-dealkylation sites (tertiary alicyclic amines) is 1. The highest BCUT2D eigenvalue weighted by Crippen LogP contribution is 2.07. The van der Waals surface area contributed by atoms with Gasteiger partial charge in [-0.25, -0.2) is 0 Å². The van der Waals surface area contributed by atoms with Crippen molar-refractivity contribution in [2.75, 3.05) is 39.8 Å². The van der Waals surface area contributed by atoms with Crippen molar-refractivity contribution in [3.05, 3.63) is 0 Å². The third-order valence-corrected chi connectivity index (χ3v) is 2.82. The normalized spacial score (nSPS) is 21.4. The van der Waals surface area contributed by atoms with Crippen molar-refractivity contribution in [3.63, 3.8) is 0 Å². The van der Waals surface area contributed by atoms with Crippen molar-refractivity contribution in [1.82, 2.24) is 9.80 Å². The minimum absolute atomic E-state index is 0.207. The van der Waals surface area contributed by atoms with Gasteiger partial charge in [-0.3, -0.25) is 0 Å². The Morgan fingerprint density at radius 1 is 1.29 bits per heavy atom. The second kappa shape index (κ2) is 6.38. The predicted molar refractivity (Wildman–Crippen MR) is 59.5 cm³/mol. The zero-order valence-electron chi connectivity index (χ0n) is 9.58. The fourth-order valence-corrected chi connectivity index (χ4v) is 2.04. The number of piperidine rings is 1. The molecular weight excluding hydrogens is 176 g/mol. The number of hydrogen-bond acceptors (Lipinski definition) is 3. The molecule has 1 fully saturated rings. The molecule has 0 aromatic carbocycles. The smallest absolute Gasteiger partial charge is 0.0638 e.